The van der Waals surface area contributed by atoms with Crippen molar-refractivity contribution in [3.8, 4) is 0 Å². The van der Waals surface area contributed by atoms with Gasteiger partial charge < -0.3 is 39.4 Å². The van der Waals surface area contributed by atoms with Crippen LogP contribution < -0.4 is 0 Å². The molecule has 0 aliphatic rings. The second kappa shape index (κ2) is 16.7. The summed E-state index contributed by atoms with van der Waals surface area (Å²) in [6.07, 6.45) is 0. The van der Waals surface area contributed by atoms with Gasteiger partial charge in [0, 0.05) is 13.1 Å². The zero-order chi connectivity index (χ0) is 14.9. The van der Waals surface area contributed by atoms with Gasteiger partial charge in [-0.25, -0.2) is 0 Å². The molecule has 0 saturated carbocycles. The molecule has 0 aromatic heterocycles. The maximum Gasteiger partial charge on any atom is 0.0701 e. The first-order valence-electron chi connectivity index (χ1n) is 6.76. The van der Waals surface area contributed by atoms with E-state index in [1.807, 2.05) is 0 Å². The van der Waals surface area contributed by atoms with E-state index in [2.05, 4.69) is 0 Å². The van der Waals surface area contributed by atoms with Crippen LogP contribution in [0.4, 0.5) is 0 Å². The summed E-state index contributed by atoms with van der Waals surface area (Å²) in [6, 6.07) is 0. The van der Waals surface area contributed by atoms with Crippen molar-refractivity contribution >= 4 is 0 Å². The van der Waals surface area contributed by atoms with E-state index in [-0.39, 0.29) is 26.3 Å². The molecule has 0 radical (unpaired) electrons. The molecule has 0 aliphatic carbocycles. The summed E-state index contributed by atoms with van der Waals surface area (Å²) >= 11 is 0. The smallest absolute Gasteiger partial charge is 0.0701 e. The first-order valence-corrected chi connectivity index (χ1v) is 6.76. The average molecular weight is 296 g/mol. The second-order valence-electron chi connectivity index (χ2n) is 3.83. The second-order valence-corrected chi connectivity index (χ2v) is 3.83. The lowest BCUT2D eigenvalue weighted by Gasteiger charge is -2.27. The number of rotatable bonds is 16. The molecule has 0 atom stereocenters. The standard InChI is InChI=1S/C12H26NO7/c14-3-7-19-11-9-17-5-1-13(16)2-6-18-10-12-20-8-4-15/h14-15H,1-12H2/q-1. The SMILES string of the molecule is [O-]N(CCOCCOCCO)CCOCCOCCO. The lowest BCUT2D eigenvalue weighted by molar-refractivity contribution is 0.0201. The van der Waals surface area contributed by atoms with Crippen molar-refractivity contribution in [1.29, 1.82) is 0 Å². The van der Waals surface area contributed by atoms with Gasteiger partial charge >= 0.3 is 0 Å². The number of hydroxylamine groups is 2. The minimum Gasteiger partial charge on any atom is -0.785 e. The lowest BCUT2D eigenvalue weighted by Crippen LogP contribution is -2.26. The topological polar surface area (TPSA) is 104 Å². The molecule has 0 aromatic carbocycles. The molecule has 0 unspecified atom stereocenters. The van der Waals surface area contributed by atoms with Gasteiger partial charge in [-0.1, -0.05) is 0 Å². The Hall–Kier alpha value is -0.320. The maximum absolute atomic E-state index is 11.3. The van der Waals surface area contributed by atoms with Crippen LogP contribution in [0.25, 0.3) is 0 Å². The Morgan fingerprint density at radius 2 is 0.950 bits per heavy atom. The van der Waals surface area contributed by atoms with Gasteiger partial charge in [-0.05, 0) is 0 Å². The predicted molar refractivity (Wildman–Crippen MR) is 72.4 cm³/mol. The van der Waals surface area contributed by atoms with Crippen molar-refractivity contribution < 1.29 is 29.2 Å². The highest BCUT2D eigenvalue weighted by Crippen LogP contribution is 1.87. The van der Waals surface area contributed by atoms with Gasteiger partial charge in [-0.3, -0.25) is 0 Å². The van der Waals surface area contributed by atoms with E-state index >= 15 is 0 Å². The Morgan fingerprint density at radius 3 is 1.30 bits per heavy atom. The summed E-state index contributed by atoms with van der Waals surface area (Å²) in [4.78, 5) is 0. The van der Waals surface area contributed by atoms with Crippen LogP contribution in [0.2, 0.25) is 0 Å². The normalized spacial score (nSPS) is 11.4. The van der Waals surface area contributed by atoms with Crippen molar-refractivity contribution in [2.24, 2.45) is 0 Å². The Morgan fingerprint density at radius 1 is 0.600 bits per heavy atom. The van der Waals surface area contributed by atoms with Gasteiger partial charge in [-0.2, -0.15) is 0 Å². The van der Waals surface area contributed by atoms with E-state index in [4.69, 9.17) is 29.2 Å². The average Bonchev–Trinajstić information content (AvgIpc) is 2.45. The molecule has 0 bridgehead atoms. The summed E-state index contributed by atoms with van der Waals surface area (Å²) in [6.45, 7) is 3.49. The number of aliphatic hydroxyl groups is 2. The Labute approximate surface area is 119 Å². The molecule has 20 heavy (non-hydrogen) atoms. The molecule has 8 nitrogen and oxygen atoms in total. The first kappa shape index (κ1) is 19.7. The Kier molecular flexibility index (Phi) is 16.5. The van der Waals surface area contributed by atoms with Gasteiger partial charge in [0.15, 0.2) is 0 Å². The maximum atomic E-state index is 11.3. The van der Waals surface area contributed by atoms with Crippen molar-refractivity contribution in [1.82, 2.24) is 5.06 Å². The molecule has 122 valence electrons. The van der Waals surface area contributed by atoms with Crippen LogP contribution in [0.3, 0.4) is 0 Å². The van der Waals surface area contributed by atoms with Crippen LogP contribution in [0, 0.1) is 5.21 Å². The summed E-state index contributed by atoms with van der Waals surface area (Å²) < 4.78 is 20.4. The third-order valence-electron chi connectivity index (χ3n) is 2.19. The number of hydrogen-bond acceptors (Lipinski definition) is 8. The predicted octanol–water partition coefficient (Wildman–Crippen LogP) is -1.16. The monoisotopic (exact) mass is 296 g/mol. The highest BCUT2D eigenvalue weighted by Gasteiger charge is 1.95. The number of nitrogens with zero attached hydrogens (tertiary/aromatic N) is 1. The van der Waals surface area contributed by atoms with Gasteiger partial charge in [0.1, 0.15) is 0 Å². The van der Waals surface area contributed by atoms with Gasteiger partial charge in [0.2, 0.25) is 0 Å². The molecule has 0 heterocycles. The van der Waals surface area contributed by atoms with Crippen molar-refractivity contribution in [2.75, 3.05) is 79.2 Å². The molecule has 0 fully saturated rings. The fourth-order valence-corrected chi connectivity index (χ4v) is 1.22. The van der Waals surface area contributed by atoms with Crippen LogP contribution in [-0.2, 0) is 18.9 Å². The molecule has 0 amide bonds. The molecular weight excluding hydrogens is 270 g/mol. The minimum atomic E-state index is -0.000617. The van der Waals surface area contributed by atoms with Crippen molar-refractivity contribution in [2.45, 2.75) is 0 Å². The fourth-order valence-electron chi connectivity index (χ4n) is 1.22. The number of aliphatic hydroxyl groups excluding tert-OH is 2. The van der Waals surface area contributed by atoms with E-state index in [9.17, 15) is 5.21 Å². The summed E-state index contributed by atoms with van der Waals surface area (Å²) in [5, 5.41) is 29.1. The zero-order valence-electron chi connectivity index (χ0n) is 11.9. The molecule has 0 aromatic rings. The van der Waals surface area contributed by atoms with Crippen LogP contribution in [-0.4, -0.2) is 94.4 Å². The quantitative estimate of drug-likeness (QED) is 0.271. The fraction of sp³-hybridized carbons (Fsp3) is 1.00. The van der Waals surface area contributed by atoms with Crippen LogP contribution in [0.5, 0.6) is 0 Å². The van der Waals surface area contributed by atoms with E-state index in [1.165, 1.54) is 0 Å². The molecule has 8 heteroatoms. The Balaban J connectivity index is 3.11. The minimum absolute atomic E-state index is 0.000617. The third kappa shape index (κ3) is 15.7. The highest BCUT2D eigenvalue weighted by molar-refractivity contribution is 4.55. The number of ether oxygens (including phenoxy) is 4. The summed E-state index contributed by atoms with van der Waals surface area (Å²) in [5.74, 6) is 0. The zero-order valence-corrected chi connectivity index (χ0v) is 11.9. The Bertz CT molecular complexity index is 167. The van der Waals surface area contributed by atoms with E-state index in [0.29, 0.717) is 52.9 Å². The first-order chi connectivity index (χ1) is 9.81. The highest BCUT2D eigenvalue weighted by atomic mass is 16.5. The van der Waals surface area contributed by atoms with E-state index in [1.54, 1.807) is 0 Å². The van der Waals surface area contributed by atoms with E-state index in [0.717, 1.165) is 5.06 Å². The number of hydrogen-bond donors (Lipinski definition) is 2. The molecule has 0 saturated heterocycles. The van der Waals surface area contributed by atoms with Crippen LogP contribution in [0.1, 0.15) is 0 Å². The van der Waals surface area contributed by atoms with Gasteiger partial charge in [-0.15, -0.1) is 0 Å². The lowest BCUT2D eigenvalue weighted by atomic mass is 10.6. The van der Waals surface area contributed by atoms with Gasteiger partial charge in [0.25, 0.3) is 0 Å². The molecule has 0 aliphatic heterocycles. The van der Waals surface area contributed by atoms with Gasteiger partial charge in [0.05, 0.1) is 66.1 Å². The molecule has 0 rings (SSSR count). The largest absolute Gasteiger partial charge is 0.785 e. The van der Waals surface area contributed by atoms with Crippen molar-refractivity contribution in [3.63, 3.8) is 0 Å². The summed E-state index contributed by atoms with van der Waals surface area (Å²) in [7, 11) is 0. The molecule has 0 spiro atoms. The van der Waals surface area contributed by atoms with Crippen LogP contribution >= 0.6 is 0 Å². The van der Waals surface area contributed by atoms with E-state index < -0.39 is 0 Å². The molecular formula is C12H26NO7-. The third-order valence-corrected chi connectivity index (χ3v) is 2.19. The summed E-state index contributed by atoms with van der Waals surface area (Å²) in [5.41, 5.74) is 0. The molecule has 2 N–H and O–H groups in total. The van der Waals surface area contributed by atoms with Crippen LogP contribution in [0.15, 0.2) is 0 Å². The van der Waals surface area contributed by atoms with Crippen molar-refractivity contribution in [3.05, 3.63) is 5.21 Å².